The summed E-state index contributed by atoms with van der Waals surface area (Å²) in [6.07, 6.45) is 6.74. The van der Waals surface area contributed by atoms with Crippen LogP contribution in [-0.2, 0) is 4.79 Å². The average molecular weight is 254 g/mol. The molecule has 18 heavy (non-hydrogen) atoms. The third-order valence-corrected chi connectivity index (χ3v) is 4.35. The first-order chi connectivity index (χ1) is 8.72. The van der Waals surface area contributed by atoms with Gasteiger partial charge in [0.05, 0.1) is 12.6 Å². The third kappa shape index (κ3) is 3.23. The first kappa shape index (κ1) is 13.8. The Balaban J connectivity index is 1.97. The second-order valence-electron chi connectivity index (χ2n) is 5.83. The summed E-state index contributed by atoms with van der Waals surface area (Å²) < 4.78 is 0. The highest BCUT2D eigenvalue weighted by Gasteiger charge is 2.32. The van der Waals surface area contributed by atoms with Gasteiger partial charge in [-0.05, 0) is 38.1 Å². The molecule has 1 saturated heterocycles. The Morgan fingerprint density at radius 1 is 1.33 bits per heavy atom. The maximum Gasteiger partial charge on any atom is 0.240 e. The van der Waals surface area contributed by atoms with E-state index in [0.29, 0.717) is 18.5 Å². The number of carbonyl (C=O) groups is 1. The molecule has 4 nitrogen and oxygen atoms in total. The smallest absolute Gasteiger partial charge is 0.240 e. The van der Waals surface area contributed by atoms with Crippen molar-refractivity contribution >= 4 is 5.91 Å². The maximum absolute atomic E-state index is 12.6. The van der Waals surface area contributed by atoms with Gasteiger partial charge in [-0.25, -0.2) is 0 Å². The van der Waals surface area contributed by atoms with E-state index < -0.39 is 0 Å². The minimum Gasteiger partial charge on any atom is -0.395 e. The number of piperidine rings is 1. The van der Waals surface area contributed by atoms with Gasteiger partial charge in [-0.1, -0.05) is 19.8 Å². The maximum atomic E-state index is 12.6. The van der Waals surface area contributed by atoms with Crippen LogP contribution in [0.3, 0.4) is 0 Å². The highest BCUT2D eigenvalue weighted by atomic mass is 16.3. The second-order valence-corrected chi connectivity index (χ2v) is 5.83. The van der Waals surface area contributed by atoms with Crippen LogP contribution < -0.4 is 5.32 Å². The molecule has 0 radical (unpaired) electrons. The van der Waals surface area contributed by atoms with Gasteiger partial charge in [0.25, 0.3) is 0 Å². The molecule has 104 valence electrons. The Morgan fingerprint density at radius 3 is 2.67 bits per heavy atom. The number of rotatable bonds is 4. The van der Waals surface area contributed by atoms with Crippen molar-refractivity contribution in [2.45, 2.75) is 57.5 Å². The number of carbonyl (C=O) groups excluding carboxylic acids is 1. The van der Waals surface area contributed by atoms with Gasteiger partial charge in [-0.3, -0.25) is 4.79 Å². The van der Waals surface area contributed by atoms with E-state index in [0.717, 1.165) is 32.2 Å². The molecule has 2 aliphatic rings. The highest BCUT2D eigenvalue weighted by Crippen LogP contribution is 2.25. The minimum absolute atomic E-state index is 0.0269. The molecule has 1 saturated carbocycles. The number of amides is 1. The molecule has 0 bridgehead atoms. The summed E-state index contributed by atoms with van der Waals surface area (Å²) in [4.78, 5) is 14.5. The summed E-state index contributed by atoms with van der Waals surface area (Å²) in [6.45, 7) is 3.73. The number of nitrogens with one attached hydrogen (secondary N) is 1. The predicted molar refractivity (Wildman–Crippen MR) is 71.2 cm³/mol. The van der Waals surface area contributed by atoms with Crippen LogP contribution in [0.1, 0.15) is 45.4 Å². The van der Waals surface area contributed by atoms with Gasteiger partial charge in [0, 0.05) is 12.6 Å². The van der Waals surface area contributed by atoms with Crippen molar-refractivity contribution in [3.05, 3.63) is 0 Å². The van der Waals surface area contributed by atoms with E-state index in [9.17, 15) is 9.90 Å². The zero-order valence-corrected chi connectivity index (χ0v) is 11.4. The van der Waals surface area contributed by atoms with Gasteiger partial charge < -0.3 is 15.3 Å². The Hall–Kier alpha value is -0.610. The van der Waals surface area contributed by atoms with Gasteiger partial charge in [0.15, 0.2) is 0 Å². The summed E-state index contributed by atoms with van der Waals surface area (Å²) in [6, 6.07) is 0.338. The summed E-state index contributed by atoms with van der Waals surface area (Å²) in [5.41, 5.74) is 0. The van der Waals surface area contributed by atoms with Gasteiger partial charge in [0.2, 0.25) is 5.91 Å². The van der Waals surface area contributed by atoms with Crippen LogP contribution >= 0.6 is 0 Å². The van der Waals surface area contributed by atoms with Crippen molar-refractivity contribution in [1.82, 2.24) is 10.2 Å². The quantitative estimate of drug-likeness (QED) is 0.791. The van der Waals surface area contributed by atoms with Crippen LogP contribution in [0.15, 0.2) is 0 Å². The summed E-state index contributed by atoms with van der Waals surface area (Å²) in [7, 11) is 0. The molecule has 0 aromatic heterocycles. The van der Waals surface area contributed by atoms with Crippen molar-refractivity contribution < 1.29 is 9.90 Å². The van der Waals surface area contributed by atoms with Crippen LogP contribution in [0.2, 0.25) is 0 Å². The first-order valence-corrected chi connectivity index (χ1v) is 7.37. The Labute approximate surface area is 110 Å². The van der Waals surface area contributed by atoms with Crippen molar-refractivity contribution in [3.8, 4) is 0 Å². The predicted octanol–water partition coefficient (Wildman–Crippen LogP) is 1.14. The Kier molecular flexibility index (Phi) is 5.01. The second kappa shape index (κ2) is 6.53. The Bertz CT molecular complexity index is 277. The van der Waals surface area contributed by atoms with Crippen molar-refractivity contribution in [2.75, 3.05) is 19.7 Å². The monoisotopic (exact) mass is 254 g/mol. The third-order valence-electron chi connectivity index (χ3n) is 4.35. The fourth-order valence-corrected chi connectivity index (χ4v) is 3.29. The number of hydrogen-bond acceptors (Lipinski definition) is 3. The van der Waals surface area contributed by atoms with E-state index in [-0.39, 0.29) is 18.6 Å². The molecule has 2 atom stereocenters. The molecule has 1 aliphatic carbocycles. The summed E-state index contributed by atoms with van der Waals surface area (Å²) >= 11 is 0. The highest BCUT2D eigenvalue weighted by molar-refractivity contribution is 5.82. The molecule has 2 fully saturated rings. The average Bonchev–Trinajstić information content (AvgIpc) is 2.89. The lowest BCUT2D eigenvalue weighted by Gasteiger charge is -2.35. The van der Waals surface area contributed by atoms with Crippen molar-refractivity contribution in [3.63, 3.8) is 0 Å². The van der Waals surface area contributed by atoms with E-state index in [2.05, 4.69) is 12.2 Å². The van der Waals surface area contributed by atoms with Crippen molar-refractivity contribution in [1.29, 1.82) is 0 Å². The fraction of sp³-hybridized carbons (Fsp3) is 0.929. The van der Waals surface area contributed by atoms with Crippen LogP contribution in [-0.4, -0.2) is 47.7 Å². The van der Waals surface area contributed by atoms with Gasteiger partial charge in [-0.2, -0.15) is 0 Å². The lowest BCUT2D eigenvalue weighted by Crippen LogP contribution is -2.53. The van der Waals surface area contributed by atoms with E-state index in [1.54, 1.807) is 0 Å². The van der Waals surface area contributed by atoms with E-state index >= 15 is 0 Å². The standard InChI is InChI=1S/C14H26N2O2/c1-11-6-7-15-13(10-11)14(18)16(8-9-17)12-4-2-3-5-12/h11-13,15,17H,2-10H2,1H3. The van der Waals surface area contributed by atoms with E-state index in [1.165, 1.54) is 12.8 Å². The molecular formula is C14H26N2O2. The Morgan fingerprint density at radius 2 is 2.06 bits per heavy atom. The first-order valence-electron chi connectivity index (χ1n) is 7.37. The van der Waals surface area contributed by atoms with Crippen LogP contribution in [0, 0.1) is 5.92 Å². The summed E-state index contributed by atoms with van der Waals surface area (Å²) in [5.74, 6) is 0.835. The van der Waals surface area contributed by atoms with Gasteiger partial charge in [-0.15, -0.1) is 0 Å². The van der Waals surface area contributed by atoms with Gasteiger partial charge >= 0.3 is 0 Å². The lowest BCUT2D eigenvalue weighted by molar-refractivity contribution is -0.137. The van der Waals surface area contributed by atoms with Crippen LogP contribution in [0.5, 0.6) is 0 Å². The largest absolute Gasteiger partial charge is 0.395 e. The number of aliphatic hydroxyl groups excluding tert-OH is 1. The SMILES string of the molecule is CC1CCNC(C(=O)N(CCO)C2CCCC2)C1. The number of hydrogen-bond donors (Lipinski definition) is 2. The number of aliphatic hydroxyl groups is 1. The minimum atomic E-state index is -0.0269. The molecule has 1 aliphatic heterocycles. The molecule has 2 rings (SSSR count). The molecule has 0 aromatic rings. The molecule has 2 N–H and O–H groups in total. The van der Waals surface area contributed by atoms with E-state index in [1.807, 2.05) is 4.90 Å². The van der Waals surface area contributed by atoms with Gasteiger partial charge in [0.1, 0.15) is 0 Å². The zero-order chi connectivity index (χ0) is 13.0. The number of nitrogens with zero attached hydrogens (tertiary/aromatic N) is 1. The van der Waals surface area contributed by atoms with Crippen LogP contribution in [0.25, 0.3) is 0 Å². The molecule has 1 amide bonds. The molecule has 0 aromatic carbocycles. The molecule has 0 spiro atoms. The lowest BCUT2D eigenvalue weighted by atomic mass is 9.93. The van der Waals surface area contributed by atoms with Crippen LogP contribution in [0.4, 0.5) is 0 Å². The molecule has 1 heterocycles. The topological polar surface area (TPSA) is 52.6 Å². The van der Waals surface area contributed by atoms with Crippen molar-refractivity contribution in [2.24, 2.45) is 5.92 Å². The molecule has 2 unspecified atom stereocenters. The molecule has 4 heteroatoms. The fourth-order valence-electron chi connectivity index (χ4n) is 3.29. The molecular weight excluding hydrogens is 228 g/mol. The van der Waals surface area contributed by atoms with E-state index in [4.69, 9.17) is 0 Å². The zero-order valence-electron chi connectivity index (χ0n) is 11.4. The summed E-state index contributed by atoms with van der Waals surface area (Å²) in [5, 5.41) is 12.5. The normalized spacial score (nSPS) is 29.4.